The number of aromatic nitrogens is 1. The number of aliphatic hydroxyl groups excluding tert-OH is 1. The van der Waals surface area contributed by atoms with E-state index >= 15 is 0 Å². The van der Waals surface area contributed by atoms with Crippen LogP contribution in [0.15, 0.2) is 28.7 Å². The number of anilines is 1. The van der Waals surface area contributed by atoms with Gasteiger partial charge in [0.05, 0.1) is 0 Å². The van der Waals surface area contributed by atoms with Crippen molar-refractivity contribution >= 4 is 17.1 Å². The molecule has 1 aromatic heterocycles. The van der Waals surface area contributed by atoms with Crippen molar-refractivity contribution in [2.45, 2.75) is 12.8 Å². The maximum Gasteiger partial charge on any atom is 0.298 e. The van der Waals surface area contributed by atoms with Crippen molar-refractivity contribution in [3.8, 4) is 0 Å². The third-order valence-corrected chi connectivity index (χ3v) is 3.33. The molecule has 90 valence electrons. The van der Waals surface area contributed by atoms with Crippen molar-refractivity contribution in [3.05, 3.63) is 24.3 Å². The molecule has 1 aliphatic rings. The molecule has 1 N–H and O–H groups in total. The van der Waals surface area contributed by atoms with E-state index in [1.54, 1.807) is 0 Å². The second-order valence-electron chi connectivity index (χ2n) is 4.60. The Morgan fingerprint density at radius 1 is 1.41 bits per heavy atom. The molecule has 3 rings (SSSR count). The first-order valence-corrected chi connectivity index (χ1v) is 6.08. The molecule has 17 heavy (non-hydrogen) atoms. The van der Waals surface area contributed by atoms with E-state index in [1.807, 2.05) is 24.3 Å². The van der Waals surface area contributed by atoms with Gasteiger partial charge in [0, 0.05) is 19.7 Å². The average molecular weight is 232 g/mol. The quantitative estimate of drug-likeness (QED) is 0.860. The summed E-state index contributed by atoms with van der Waals surface area (Å²) in [6.07, 6.45) is 2.18. The molecule has 1 aromatic carbocycles. The van der Waals surface area contributed by atoms with Gasteiger partial charge < -0.3 is 14.4 Å². The monoisotopic (exact) mass is 232 g/mol. The Hall–Kier alpha value is -1.55. The number of hydrogen-bond donors (Lipinski definition) is 1. The molecule has 0 spiro atoms. The number of nitrogens with zero attached hydrogens (tertiary/aromatic N) is 2. The summed E-state index contributed by atoms with van der Waals surface area (Å²) in [7, 11) is 0. The summed E-state index contributed by atoms with van der Waals surface area (Å²) in [6.45, 7) is 2.05. The maximum absolute atomic E-state index is 9.22. The summed E-state index contributed by atoms with van der Waals surface area (Å²) in [6, 6.07) is 8.48. The molecular weight excluding hydrogens is 216 g/mol. The number of oxazole rings is 1. The zero-order valence-corrected chi connectivity index (χ0v) is 9.67. The van der Waals surface area contributed by atoms with Crippen LogP contribution in [-0.4, -0.2) is 29.8 Å². The average Bonchev–Trinajstić information content (AvgIpc) is 2.82. The van der Waals surface area contributed by atoms with Crippen molar-refractivity contribution in [2.75, 3.05) is 24.6 Å². The van der Waals surface area contributed by atoms with Gasteiger partial charge in [-0.2, -0.15) is 4.98 Å². The molecule has 4 heteroatoms. The molecule has 1 aliphatic heterocycles. The standard InChI is InChI=1S/C13H16N2O2/c16-9-10-4-3-7-15(8-10)13-14-11-5-1-2-6-12(11)17-13/h1-2,5-6,10,16H,3-4,7-9H2/t10-/m1/s1. The molecule has 0 bridgehead atoms. The number of para-hydroxylation sites is 2. The first kappa shape index (κ1) is 10.6. The van der Waals surface area contributed by atoms with E-state index in [0.29, 0.717) is 11.9 Å². The second kappa shape index (κ2) is 4.37. The summed E-state index contributed by atoms with van der Waals surface area (Å²) < 4.78 is 5.73. The molecule has 2 heterocycles. The van der Waals surface area contributed by atoms with Crippen LogP contribution >= 0.6 is 0 Å². The number of rotatable bonds is 2. The molecule has 1 saturated heterocycles. The number of benzene rings is 1. The minimum Gasteiger partial charge on any atom is -0.423 e. The summed E-state index contributed by atoms with van der Waals surface area (Å²) in [5.74, 6) is 0.346. The largest absolute Gasteiger partial charge is 0.423 e. The highest BCUT2D eigenvalue weighted by atomic mass is 16.4. The minimum absolute atomic E-state index is 0.247. The van der Waals surface area contributed by atoms with Crippen molar-refractivity contribution in [2.24, 2.45) is 5.92 Å². The molecule has 0 amide bonds. The Balaban J connectivity index is 1.87. The summed E-state index contributed by atoms with van der Waals surface area (Å²) in [4.78, 5) is 6.61. The SMILES string of the molecule is OC[C@@H]1CCCN(c2nc3ccccc3o2)C1. The molecular formula is C13H16N2O2. The lowest BCUT2D eigenvalue weighted by Gasteiger charge is -2.30. The van der Waals surface area contributed by atoms with Crippen LogP contribution in [0.4, 0.5) is 6.01 Å². The first-order valence-electron chi connectivity index (χ1n) is 6.08. The molecule has 2 aromatic rings. The van der Waals surface area contributed by atoms with Gasteiger partial charge in [0.1, 0.15) is 5.52 Å². The van der Waals surface area contributed by atoms with Crippen molar-refractivity contribution in [3.63, 3.8) is 0 Å². The van der Waals surface area contributed by atoms with Crippen LogP contribution < -0.4 is 4.90 Å². The van der Waals surface area contributed by atoms with Crippen LogP contribution in [0.5, 0.6) is 0 Å². The Kier molecular flexibility index (Phi) is 2.73. The van der Waals surface area contributed by atoms with Crippen molar-refractivity contribution in [1.29, 1.82) is 0 Å². The molecule has 0 radical (unpaired) electrons. The van der Waals surface area contributed by atoms with Crippen LogP contribution in [0.1, 0.15) is 12.8 Å². The van der Waals surface area contributed by atoms with E-state index in [1.165, 1.54) is 0 Å². The van der Waals surface area contributed by atoms with Crippen LogP contribution in [0.2, 0.25) is 0 Å². The zero-order valence-electron chi connectivity index (χ0n) is 9.67. The van der Waals surface area contributed by atoms with Crippen LogP contribution in [0.3, 0.4) is 0 Å². The molecule has 1 atom stereocenters. The van der Waals surface area contributed by atoms with Gasteiger partial charge in [-0.15, -0.1) is 0 Å². The van der Waals surface area contributed by atoms with Gasteiger partial charge >= 0.3 is 0 Å². The summed E-state index contributed by atoms with van der Waals surface area (Å²) in [5, 5.41) is 9.22. The predicted molar refractivity (Wildman–Crippen MR) is 66.0 cm³/mol. The van der Waals surface area contributed by atoms with Crippen LogP contribution in [-0.2, 0) is 0 Å². The smallest absolute Gasteiger partial charge is 0.298 e. The highest BCUT2D eigenvalue weighted by molar-refractivity contribution is 5.74. The lowest BCUT2D eigenvalue weighted by atomic mass is 10.00. The van der Waals surface area contributed by atoms with E-state index in [9.17, 15) is 5.11 Å². The molecule has 1 fully saturated rings. The van der Waals surface area contributed by atoms with Gasteiger partial charge in [0.15, 0.2) is 5.58 Å². The summed E-state index contributed by atoms with van der Waals surface area (Å²) >= 11 is 0. The highest BCUT2D eigenvalue weighted by Gasteiger charge is 2.22. The normalized spacial score (nSPS) is 21.0. The number of fused-ring (bicyclic) bond motifs is 1. The van der Waals surface area contributed by atoms with E-state index in [0.717, 1.165) is 37.0 Å². The Labute approximate surface area is 99.9 Å². The van der Waals surface area contributed by atoms with Gasteiger partial charge in [-0.05, 0) is 30.9 Å². The minimum atomic E-state index is 0.247. The number of hydrogen-bond acceptors (Lipinski definition) is 4. The fourth-order valence-electron chi connectivity index (χ4n) is 2.38. The van der Waals surface area contributed by atoms with Gasteiger partial charge in [-0.25, -0.2) is 0 Å². The zero-order chi connectivity index (χ0) is 11.7. The van der Waals surface area contributed by atoms with E-state index < -0.39 is 0 Å². The molecule has 0 saturated carbocycles. The second-order valence-corrected chi connectivity index (χ2v) is 4.60. The van der Waals surface area contributed by atoms with Gasteiger partial charge in [0.2, 0.25) is 0 Å². The predicted octanol–water partition coefficient (Wildman–Crippen LogP) is 2.04. The van der Waals surface area contributed by atoms with Gasteiger partial charge in [-0.1, -0.05) is 12.1 Å². The molecule has 4 nitrogen and oxygen atoms in total. The topological polar surface area (TPSA) is 49.5 Å². The van der Waals surface area contributed by atoms with E-state index in [-0.39, 0.29) is 6.61 Å². The van der Waals surface area contributed by atoms with Gasteiger partial charge in [0.25, 0.3) is 6.01 Å². The van der Waals surface area contributed by atoms with E-state index in [2.05, 4.69) is 9.88 Å². The first-order chi connectivity index (χ1) is 8.36. The molecule has 0 unspecified atom stereocenters. The molecule has 0 aliphatic carbocycles. The highest BCUT2D eigenvalue weighted by Crippen LogP contribution is 2.25. The maximum atomic E-state index is 9.22. The third kappa shape index (κ3) is 2.00. The lowest BCUT2D eigenvalue weighted by Crippen LogP contribution is -2.36. The summed E-state index contributed by atoms with van der Waals surface area (Å²) in [5.41, 5.74) is 1.72. The fourth-order valence-corrected chi connectivity index (χ4v) is 2.38. The Morgan fingerprint density at radius 3 is 3.12 bits per heavy atom. The fraction of sp³-hybridized carbons (Fsp3) is 0.462. The Bertz CT molecular complexity index is 476. The van der Waals surface area contributed by atoms with E-state index in [4.69, 9.17) is 4.42 Å². The third-order valence-electron chi connectivity index (χ3n) is 3.33. The van der Waals surface area contributed by atoms with Crippen molar-refractivity contribution < 1.29 is 9.52 Å². The lowest BCUT2D eigenvalue weighted by molar-refractivity contribution is 0.207. The van der Waals surface area contributed by atoms with Crippen LogP contribution in [0, 0.1) is 5.92 Å². The Morgan fingerprint density at radius 2 is 2.29 bits per heavy atom. The van der Waals surface area contributed by atoms with Crippen LogP contribution in [0.25, 0.3) is 11.1 Å². The van der Waals surface area contributed by atoms with Crippen molar-refractivity contribution in [1.82, 2.24) is 4.98 Å². The number of piperidine rings is 1. The number of aliphatic hydroxyl groups is 1. The van der Waals surface area contributed by atoms with Gasteiger partial charge in [-0.3, -0.25) is 0 Å².